The van der Waals surface area contributed by atoms with E-state index in [0.717, 1.165) is 5.92 Å². The molecule has 0 unspecified atom stereocenters. The molecule has 0 aromatic carbocycles. The topological polar surface area (TPSA) is 29.3 Å². The fourth-order valence-electron chi connectivity index (χ4n) is 2.28. The van der Waals surface area contributed by atoms with Crippen LogP contribution < -0.4 is 5.73 Å². The zero-order chi connectivity index (χ0) is 10.4. The molecule has 14 heavy (non-hydrogen) atoms. The van der Waals surface area contributed by atoms with Gasteiger partial charge >= 0.3 is 0 Å². The van der Waals surface area contributed by atoms with Crippen LogP contribution in [0.2, 0.25) is 0 Å². The van der Waals surface area contributed by atoms with Crippen LogP contribution in [0.3, 0.4) is 0 Å². The highest BCUT2D eigenvalue weighted by Gasteiger charge is 2.26. The zero-order valence-corrected chi connectivity index (χ0v) is 9.84. The third-order valence-electron chi connectivity index (χ3n) is 3.24. The first-order valence-electron chi connectivity index (χ1n) is 6.16. The fourth-order valence-corrected chi connectivity index (χ4v) is 2.28. The summed E-state index contributed by atoms with van der Waals surface area (Å²) in [5, 5.41) is 0. The number of hydrogen-bond acceptors (Lipinski definition) is 2. The molecule has 2 N–H and O–H groups in total. The molecule has 0 amide bonds. The van der Waals surface area contributed by atoms with Crippen LogP contribution in [-0.2, 0) is 0 Å². The molecule has 0 aromatic heterocycles. The van der Waals surface area contributed by atoms with Crippen molar-refractivity contribution in [2.45, 2.75) is 51.5 Å². The van der Waals surface area contributed by atoms with Gasteiger partial charge in [-0.05, 0) is 38.8 Å². The molecular weight excluding hydrogens is 172 g/mol. The van der Waals surface area contributed by atoms with Crippen molar-refractivity contribution in [3.8, 4) is 0 Å². The van der Waals surface area contributed by atoms with Gasteiger partial charge in [0.1, 0.15) is 0 Å². The number of hydrogen-bond donors (Lipinski definition) is 1. The van der Waals surface area contributed by atoms with E-state index < -0.39 is 0 Å². The lowest BCUT2D eigenvalue weighted by molar-refractivity contribution is 0.180. The van der Waals surface area contributed by atoms with Crippen LogP contribution in [0.5, 0.6) is 0 Å². The summed E-state index contributed by atoms with van der Waals surface area (Å²) in [5.41, 5.74) is 5.77. The first-order valence-corrected chi connectivity index (χ1v) is 6.16. The molecule has 1 aliphatic carbocycles. The van der Waals surface area contributed by atoms with E-state index in [1.165, 1.54) is 51.6 Å². The minimum atomic E-state index is 0.508. The molecule has 0 saturated heterocycles. The molecule has 1 saturated carbocycles. The van der Waals surface area contributed by atoms with E-state index in [1.807, 2.05) is 0 Å². The summed E-state index contributed by atoms with van der Waals surface area (Å²) < 4.78 is 0. The Balaban J connectivity index is 1.91. The van der Waals surface area contributed by atoms with E-state index in [-0.39, 0.29) is 0 Å². The Morgan fingerprint density at radius 3 is 2.50 bits per heavy atom. The SMILES string of the molecule is CCCCCCN(C)CC1CC(N)C1. The van der Waals surface area contributed by atoms with E-state index in [4.69, 9.17) is 5.73 Å². The fraction of sp³-hybridized carbons (Fsp3) is 1.00. The number of unbranched alkanes of at least 4 members (excludes halogenated alkanes) is 3. The van der Waals surface area contributed by atoms with Gasteiger partial charge < -0.3 is 10.6 Å². The van der Waals surface area contributed by atoms with Crippen molar-refractivity contribution in [1.82, 2.24) is 4.90 Å². The van der Waals surface area contributed by atoms with Gasteiger partial charge in [0.15, 0.2) is 0 Å². The third kappa shape index (κ3) is 4.43. The molecule has 2 nitrogen and oxygen atoms in total. The molecule has 0 heterocycles. The lowest BCUT2D eigenvalue weighted by atomic mass is 9.80. The predicted molar refractivity (Wildman–Crippen MR) is 62.3 cm³/mol. The molecule has 1 rings (SSSR count). The van der Waals surface area contributed by atoms with Crippen LogP contribution in [0, 0.1) is 5.92 Å². The van der Waals surface area contributed by atoms with Crippen molar-refractivity contribution < 1.29 is 0 Å². The van der Waals surface area contributed by atoms with Crippen molar-refractivity contribution in [3.63, 3.8) is 0 Å². The Labute approximate surface area is 88.8 Å². The van der Waals surface area contributed by atoms with Gasteiger partial charge in [-0.25, -0.2) is 0 Å². The molecule has 84 valence electrons. The Bertz CT molecular complexity index is 141. The Kier molecular flexibility index (Phi) is 5.49. The van der Waals surface area contributed by atoms with Gasteiger partial charge in [-0.1, -0.05) is 26.2 Å². The number of rotatable bonds is 7. The number of nitrogens with zero attached hydrogens (tertiary/aromatic N) is 1. The Hall–Kier alpha value is -0.0800. The molecule has 1 aliphatic rings. The van der Waals surface area contributed by atoms with Gasteiger partial charge in [-0.3, -0.25) is 0 Å². The summed E-state index contributed by atoms with van der Waals surface area (Å²) in [6, 6.07) is 0.508. The normalized spacial score (nSPS) is 26.6. The highest BCUT2D eigenvalue weighted by Crippen LogP contribution is 2.25. The van der Waals surface area contributed by atoms with Crippen molar-refractivity contribution in [2.24, 2.45) is 11.7 Å². The summed E-state index contributed by atoms with van der Waals surface area (Å²) in [6.45, 7) is 4.80. The van der Waals surface area contributed by atoms with Crippen LogP contribution in [0.1, 0.15) is 45.4 Å². The van der Waals surface area contributed by atoms with Crippen molar-refractivity contribution in [3.05, 3.63) is 0 Å². The summed E-state index contributed by atoms with van der Waals surface area (Å²) in [4.78, 5) is 2.48. The smallest absolute Gasteiger partial charge is 0.00450 e. The summed E-state index contributed by atoms with van der Waals surface area (Å²) in [6.07, 6.45) is 7.98. The van der Waals surface area contributed by atoms with Crippen LogP contribution in [0.15, 0.2) is 0 Å². The average molecular weight is 198 g/mol. The van der Waals surface area contributed by atoms with Crippen LogP contribution >= 0.6 is 0 Å². The van der Waals surface area contributed by atoms with Gasteiger partial charge in [0, 0.05) is 12.6 Å². The summed E-state index contributed by atoms with van der Waals surface area (Å²) in [5.74, 6) is 0.890. The second-order valence-corrected chi connectivity index (χ2v) is 4.92. The first kappa shape index (κ1) is 12.0. The van der Waals surface area contributed by atoms with E-state index in [1.54, 1.807) is 0 Å². The zero-order valence-electron chi connectivity index (χ0n) is 9.84. The molecule has 0 bridgehead atoms. The van der Waals surface area contributed by atoms with Gasteiger partial charge in [0.2, 0.25) is 0 Å². The molecule has 0 spiro atoms. The van der Waals surface area contributed by atoms with Gasteiger partial charge in [-0.15, -0.1) is 0 Å². The standard InChI is InChI=1S/C12H26N2/c1-3-4-5-6-7-14(2)10-11-8-12(13)9-11/h11-12H,3-10,13H2,1-2H3. The monoisotopic (exact) mass is 198 g/mol. The Morgan fingerprint density at radius 1 is 1.21 bits per heavy atom. The largest absolute Gasteiger partial charge is 0.328 e. The van der Waals surface area contributed by atoms with Crippen molar-refractivity contribution in [2.75, 3.05) is 20.1 Å². The lowest BCUT2D eigenvalue weighted by Crippen LogP contribution is -2.42. The predicted octanol–water partition coefficient (Wildman–Crippen LogP) is 2.24. The van der Waals surface area contributed by atoms with E-state index in [2.05, 4.69) is 18.9 Å². The molecule has 2 heteroatoms. The maximum atomic E-state index is 5.77. The summed E-state index contributed by atoms with van der Waals surface area (Å²) in [7, 11) is 2.25. The highest BCUT2D eigenvalue weighted by molar-refractivity contribution is 4.83. The van der Waals surface area contributed by atoms with Crippen LogP contribution in [0.25, 0.3) is 0 Å². The first-order chi connectivity index (χ1) is 6.72. The summed E-state index contributed by atoms with van der Waals surface area (Å²) >= 11 is 0. The van der Waals surface area contributed by atoms with E-state index in [0.29, 0.717) is 6.04 Å². The number of nitrogens with two attached hydrogens (primary N) is 1. The molecule has 0 radical (unpaired) electrons. The van der Waals surface area contributed by atoms with Gasteiger partial charge in [0.25, 0.3) is 0 Å². The molecule has 1 fully saturated rings. The van der Waals surface area contributed by atoms with Crippen molar-refractivity contribution >= 4 is 0 Å². The minimum Gasteiger partial charge on any atom is -0.328 e. The lowest BCUT2D eigenvalue weighted by Gasteiger charge is -2.35. The van der Waals surface area contributed by atoms with Gasteiger partial charge in [-0.2, -0.15) is 0 Å². The molecule has 0 atom stereocenters. The van der Waals surface area contributed by atoms with E-state index in [9.17, 15) is 0 Å². The van der Waals surface area contributed by atoms with Crippen LogP contribution in [-0.4, -0.2) is 31.1 Å². The third-order valence-corrected chi connectivity index (χ3v) is 3.24. The van der Waals surface area contributed by atoms with E-state index >= 15 is 0 Å². The second-order valence-electron chi connectivity index (χ2n) is 4.92. The maximum Gasteiger partial charge on any atom is 0.00450 e. The average Bonchev–Trinajstić information content (AvgIpc) is 2.10. The van der Waals surface area contributed by atoms with Crippen molar-refractivity contribution in [1.29, 1.82) is 0 Å². The van der Waals surface area contributed by atoms with Gasteiger partial charge in [0.05, 0.1) is 0 Å². The second kappa shape index (κ2) is 6.41. The maximum absolute atomic E-state index is 5.77. The quantitative estimate of drug-likeness (QED) is 0.636. The Morgan fingerprint density at radius 2 is 1.93 bits per heavy atom. The highest BCUT2D eigenvalue weighted by atomic mass is 15.1. The van der Waals surface area contributed by atoms with Crippen LogP contribution in [0.4, 0.5) is 0 Å². The molecule has 0 aromatic rings. The molecular formula is C12H26N2. The minimum absolute atomic E-state index is 0.508. The molecule has 0 aliphatic heterocycles.